The molecular weight excluding hydrogens is 504 g/mol. The molecule has 0 spiro atoms. The van der Waals surface area contributed by atoms with E-state index in [0.717, 1.165) is 43.1 Å². The van der Waals surface area contributed by atoms with Gasteiger partial charge >= 0.3 is 6.03 Å². The Morgan fingerprint density at radius 2 is 1.92 bits per heavy atom. The van der Waals surface area contributed by atoms with Crippen molar-refractivity contribution in [2.75, 3.05) is 35.9 Å². The van der Waals surface area contributed by atoms with Crippen LogP contribution in [0.15, 0.2) is 18.3 Å². The summed E-state index contributed by atoms with van der Waals surface area (Å²) in [6, 6.07) is 3.54. The molecule has 4 aliphatic rings. The second-order valence-electron chi connectivity index (χ2n) is 11.3. The van der Waals surface area contributed by atoms with Crippen LogP contribution in [0.2, 0.25) is 5.02 Å². The summed E-state index contributed by atoms with van der Waals surface area (Å²) in [6.45, 7) is 0.919. The number of nitrogens with two attached hydrogens (primary N) is 1. The maximum absolute atomic E-state index is 13.9. The normalized spacial score (nSPS) is 25.6. The van der Waals surface area contributed by atoms with Crippen molar-refractivity contribution in [2.45, 2.75) is 70.0 Å². The average Bonchev–Trinajstić information content (AvgIpc) is 3.71. The third-order valence-electron chi connectivity index (χ3n) is 8.84. The minimum Gasteiger partial charge on any atom is -0.497 e. The van der Waals surface area contributed by atoms with Crippen LogP contribution in [0, 0.1) is 17.8 Å². The SMILES string of the molecule is COc1cc(OC)c(Cl)c(N2Cc3cnc(NC4CC(C5CCC5)CCC4N)nc3N(CC3CC3)C2=O)c1. The van der Waals surface area contributed by atoms with Crippen LogP contribution in [-0.2, 0) is 6.54 Å². The fourth-order valence-corrected chi connectivity index (χ4v) is 6.41. The van der Waals surface area contributed by atoms with Gasteiger partial charge in [0.05, 0.1) is 26.5 Å². The first-order valence-electron chi connectivity index (χ1n) is 13.8. The number of hydrogen-bond acceptors (Lipinski definition) is 7. The van der Waals surface area contributed by atoms with Crippen LogP contribution < -0.4 is 30.3 Å². The molecule has 1 aliphatic heterocycles. The molecule has 38 heavy (non-hydrogen) atoms. The molecule has 0 bridgehead atoms. The van der Waals surface area contributed by atoms with Crippen LogP contribution in [0.1, 0.15) is 56.9 Å². The molecule has 3 fully saturated rings. The highest BCUT2D eigenvalue weighted by molar-refractivity contribution is 6.35. The maximum atomic E-state index is 13.9. The summed E-state index contributed by atoms with van der Waals surface area (Å²) in [5.41, 5.74) is 7.94. The largest absolute Gasteiger partial charge is 0.497 e. The highest BCUT2D eigenvalue weighted by Crippen LogP contribution is 2.44. The Morgan fingerprint density at radius 1 is 1.11 bits per heavy atom. The lowest BCUT2D eigenvalue weighted by Gasteiger charge is -2.41. The predicted molar refractivity (Wildman–Crippen MR) is 148 cm³/mol. The van der Waals surface area contributed by atoms with Gasteiger partial charge in [0.25, 0.3) is 0 Å². The van der Waals surface area contributed by atoms with Gasteiger partial charge in [0.1, 0.15) is 22.3 Å². The van der Waals surface area contributed by atoms with Crippen molar-refractivity contribution in [3.63, 3.8) is 0 Å². The monoisotopic (exact) mass is 540 g/mol. The van der Waals surface area contributed by atoms with Gasteiger partial charge in [-0.1, -0.05) is 30.9 Å². The lowest BCUT2D eigenvalue weighted by atomic mass is 9.68. The zero-order chi connectivity index (χ0) is 26.4. The molecule has 9 nitrogen and oxygen atoms in total. The third kappa shape index (κ3) is 4.86. The molecule has 2 aromatic rings. The van der Waals surface area contributed by atoms with E-state index in [1.165, 1.54) is 25.7 Å². The fraction of sp³-hybridized carbons (Fsp3) is 0.607. The number of rotatable bonds is 8. The van der Waals surface area contributed by atoms with E-state index in [1.807, 2.05) is 6.20 Å². The quantitative estimate of drug-likeness (QED) is 0.473. The lowest BCUT2D eigenvalue weighted by molar-refractivity contribution is 0.147. The van der Waals surface area contributed by atoms with Gasteiger partial charge < -0.3 is 20.5 Å². The van der Waals surface area contributed by atoms with Crippen LogP contribution in [0.25, 0.3) is 0 Å². The first kappa shape index (κ1) is 25.5. The molecular formula is C28H37ClN6O3. The van der Waals surface area contributed by atoms with Crippen molar-refractivity contribution >= 4 is 35.1 Å². The smallest absolute Gasteiger partial charge is 0.330 e. The number of fused-ring (bicyclic) bond motifs is 1. The van der Waals surface area contributed by atoms with Crippen molar-refractivity contribution in [3.8, 4) is 11.5 Å². The van der Waals surface area contributed by atoms with Gasteiger partial charge in [-0.05, 0) is 49.9 Å². The first-order chi connectivity index (χ1) is 18.4. The highest BCUT2D eigenvalue weighted by atomic mass is 35.5. The fourth-order valence-electron chi connectivity index (χ4n) is 6.12. The standard InChI is InChI=1S/C28H37ClN6O3/c1-37-20-11-23(25(29)24(12-20)38-2)34-15-19-13-31-27(33-26(19)35(28(34)36)14-16-6-7-16)32-22-10-18(8-9-21(22)30)17-4-3-5-17/h11-13,16-18,21-22H,3-10,14-15,30H2,1-2H3,(H,31,32,33). The van der Waals surface area contributed by atoms with Crippen molar-refractivity contribution < 1.29 is 14.3 Å². The summed E-state index contributed by atoms with van der Waals surface area (Å²) in [5.74, 6) is 4.27. The molecule has 3 unspecified atom stereocenters. The molecule has 3 atom stereocenters. The molecule has 2 heterocycles. The number of benzene rings is 1. The minimum atomic E-state index is -0.161. The Kier molecular flexibility index (Phi) is 6.99. The van der Waals surface area contributed by atoms with E-state index in [9.17, 15) is 4.79 Å². The van der Waals surface area contributed by atoms with E-state index in [-0.39, 0.29) is 18.1 Å². The Balaban J connectivity index is 1.29. The number of methoxy groups -OCH3 is 2. The molecule has 1 aromatic heterocycles. The molecule has 10 heteroatoms. The van der Waals surface area contributed by atoms with Crippen LogP contribution >= 0.6 is 11.6 Å². The molecule has 3 aliphatic carbocycles. The summed E-state index contributed by atoms with van der Waals surface area (Å²) in [5, 5.41) is 3.91. The van der Waals surface area contributed by atoms with Gasteiger partial charge in [0.2, 0.25) is 5.95 Å². The summed E-state index contributed by atoms with van der Waals surface area (Å²) in [4.78, 5) is 26.9. The van der Waals surface area contributed by atoms with E-state index >= 15 is 0 Å². The third-order valence-corrected chi connectivity index (χ3v) is 9.22. The van der Waals surface area contributed by atoms with Crippen molar-refractivity contribution in [2.24, 2.45) is 23.5 Å². The zero-order valence-electron chi connectivity index (χ0n) is 22.2. The number of hydrogen-bond donors (Lipinski definition) is 2. The van der Waals surface area contributed by atoms with E-state index in [2.05, 4.69) is 10.3 Å². The molecule has 2 amide bonds. The van der Waals surface area contributed by atoms with Crippen LogP contribution in [0.3, 0.4) is 0 Å². The van der Waals surface area contributed by atoms with Gasteiger partial charge in [-0.15, -0.1) is 0 Å². The topological polar surface area (TPSA) is 106 Å². The molecule has 3 N–H and O–H groups in total. The summed E-state index contributed by atoms with van der Waals surface area (Å²) in [6.07, 6.45) is 11.4. The minimum absolute atomic E-state index is 0.0795. The molecule has 3 saturated carbocycles. The van der Waals surface area contributed by atoms with E-state index < -0.39 is 0 Å². The Morgan fingerprint density at radius 3 is 2.61 bits per heavy atom. The second kappa shape index (κ2) is 10.4. The Labute approximate surface area is 229 Å². The van der Waals surface area contributed by atoms with Gasteiger partial charge in [0, 0.05) is 42.5 Å². The number of carbonyl (C=O) groups excluding carboxylic acids is 1. The summed E-state index contributed by atoms with van der Waals surface area (Å²) >= 11 is 6.68. The van der Waals surface area contributed by atoms with E-state index in [1.54, 1.807) is 36.2 Å². The molecule has 1 aromatic carbocycles. The number of amides is 2. The summed E-state index contributed by atoms with van der Waals surface area (Å²) < 4.78 is 10.9. The Hall–Kier alpha value is -2.78. The summed E-state index contributed by atoms with van der Waals surface area (Å²) in [7, 11) is 3.13. The molecule has 0 saturated heterocycles. The van der Waals surface area contributed by atoms with Crippen molar-refractivity contribution in [1.29, 1.82) is 0 Å². The number of anilines is 3. The number of carbonyl (C=O) groups is 1. The van der Waals surface area contributed by atoms with E-state index in [0.29, 0.717) is 53.0 Å². The number of ether oxygens (including phenoxy) is 2. The number of nitrogens with zero attached hydrogens (tertiary/aromatic N) is 4. The van der Waals surface area contributed by atoms with Gasteiger partial charge in [0.15, 0.2) is 0 Å². The van der Waals surface area contributed by atoms with Gasteiger partial charge in [-0.3, -0.25) is 9.80 Å². The van der Waals surface area contributed by atoms with E-state index in [4.69, 9.17) is 31.8 Å². The maximum Gasteiger partial charge on any atom is 0.330 e. The van der Waals surface area contributed by atoms with Crippen LogP contribution in [0.4, 0.5) is 22.2 Å². The highest BCUT2D eigenvalue weighted by Gasteiger charge is 2.39. The zero-order valence-corrected chi connectivity index (χ0v) is 22.9. The lowest BCUT2D eigenvalue weighted by Crippen LogP contribution is -2.49. The van der Waals surface area contributed by atoms with Crippen LogP contribution in [-0.4, -0.2) is 48.8 Å². The number of aromatic nitrogens is 2. The van der Waals surface area contributed by atoms with Gasteiger partial charge in [-0.25, -0.2) is 9.78 Å². The number of urea groups is 1. The second-order valence-corrected chi connectivity index (χ2v) is 11.7. The van der Waals surface area contributed by atoms with Crippen molar-refractivity contribution in [1.82, 2.24) is 9.97 Å². The van der Waals surface area contributed by atoms with Crippen molar-refractivity contribution in [3.05, 3.63) is 28.9 Å². The molecule has 6 rings (SSSR count). The molecule has 0 radical (unpaired) electrons. The average molecular weight is 541 g/mol. The Bertz CT molecular complexity index is 1200. The first-order valence-corrected chi connectivity index (χ1v) is 14.2. The van der Waals surface area contributed by atoms with Gasteiger partial charge in [-0.2, -0.15) is 4.98 Å². The van der Waals surface area contributed by atoms with Crippen LogP contribution in [0.5, 0.6) is 11.5 Å². The predicted octanol–water partition coefficient (Wildman–Crippen LogP) is 5.21. The number of nitrogens with one attached hydrogen (secondary N) is 1. The molecule has 204 valence electrons. The number of halogens is 1.